The molecule has 102 valence electrons. The Morgan fingerprint density at radius 2 is 2.00 bits per heavy atom. The van der Waals surface area contributed by atoms with Crippen LogP contribution < -0.4 is 0 Å². The summed E-state index contributed by atoms with van der Waals surface area (Å²) in [5.41, 5.74) is 1.86. The average Bonchev–Trinajstić information content (AvgIpc) is 2.85. The summed E-state index contributed by atoms with van der Waals surface area (Å²) in [5.74, 6) is -0.155. The number of furan rings is 1. The van der Waals surface area contributed by atoms with Crippen LogP contribution in [0.1, 0.15) is 53.8 Å². The van der Waals surface area contributed by atoms with Crippen molar-refractivity contribution in [1.82, 2.24) is 5.01 Å². The van der Waals surface area contributed by atoms with Crippen LogP contribution in [-0.2, 0) is 6.42 Å². The zero-order valence-electron chi connectivity index (χ0n) is 10.9. The van der Waals surface area contributed by atoms with Crippen LogP contribution in [0.15, 0.2) is 15.8 Å². The number of fused-ring (bicyclic) bond motifs is 1. The molecule has 2 aliphatic rings. The Kier molecular flexibility index (Phi) is 3.27. The van der Waals surface area contributed by atoms with E-state index in [9.17, 15) is 9.90 Å². The number of carbonyl (C=O) groups is 1. The van der Waals surface area contributed by atoms with Gasteiger partial charge in [-0.3, -0.25) is 5.01 Å². The lowest BCUT2D eigenvalue weighted by Gasteiger charge is -2.26. The third kappa shape index (κ3) is 2.37. The number of hydrogen-bond acceptors (Lipinski definition) is 4. The lowest BCUT2D eigenvalue weighted by Crippen LogP contribution is -2.27. The highest BCUT2D eigenvalue weighted by Gasteiger charge is 2.27. The molecule has 1 aliphatic carbocycles. The van der Waals surface area contributed by atoms with Gasteiger partial charge in [-0.2, -0.15) is 5.10 Å². The van der Waals surface area contributed by atoms with Gasteiger partial charge in [-0.15, -0.1) is 0 Å². The molecule has 1 aromatic rings. The third-order valence-corrected chi connectivity index (χ3v) is 3.80. The van der Waals surface area contributed by atoms with Crippen LogP contribution in [0.2, 0.25) is 0 Å². The minimum Gasteiger partial charge on any atom is -0.478 e. The molecule has 1 fully saturated rings. The predicted octanol–water partition coefficient (Wildman–Crippen LogP) is 2.50. The summed E-state index contributed by atoms with van der Waals surface area (Å²) < 4.78 is 5.39. The van der Waals surface area contributed by atoms with Crippen LogP contribution in [0.3, 0.4) is 0 Å². The number of carboxylic acids is 1. The van der Waals surface area contributed by atoms with E-state index in [1.165, 1.54) is 25.5 Å². The van der Waals surface area contributed by atoms with Crippen LogP contribution >= 0.6 is 0 Å². The van der Waals surface area contributed by atoms with E-state index in [0.29, 0.717) is 0 Å². The van der Waals surface area contributed by atoms with Crippen molar-refractivity contribution in [3.63, 3.8) is 0 Å². The Labute approximate surface area is 111 Å². The minimum atomic E-state index is -0.932. The Bertz CT molecular complexity index is 513. The third-order valence-electron chi connectivity index (χ3n) is 3.80. The Balaban J connectivity index is 1.94. The highest BCUT2D eigenvalue weighted by atomic mass is 16.4. The van der Waals surface area contributed by atoms with Gasteiger partial charge in [0.05, 0.1) is 11.3 Å². The van der Waals surface area contributed by atoms with E-state index in [1.54, 1.807) is 0 Å². The van der Waals surface area contributed by atoms with Crippen molar-refractivity contribution in [3.8, 4) is 0 Å². The fourth-order valence-corrected chi connectivity index (χ4v) is 2.85. The Morgan fingerprint density at radius 3 is 2.74 bits per heavy atom. The second kappa shape index (κ2) is 5.07. The molecule has 0 saturated carbocycles. The molecule has 0 bridgehead atoms. The van der Waals surface area contributed by atoms with Gasteiger partial charge in [0, 0.05) is 19.5 Å². The van der Waals surface area contributed by atoms with Gasteiger partial charge in [-0.05, 0) is 32.1 Å². The zero-order chi connectivity index (χ0) is 13.2. The molecule has 0 atom stereocenters. The fraction of sp³-hybridized carbons (Fsp3) is 0.571. The van der Waals surface area contributed by atoms with Crippen LogP contribution in [0, 0.1) is 0 Å². The topological polar surface area (TPSA) is 66.0 Å². The van der Waals surface area contributed by atoms with Gasteiger partial charge in [0.1, 0.15) is 17.6 Å². The molecule has 5 nitrogen and oxygen atoms in total. The molecule has 0 spiro atoms. The fourth-order valence-electron chi connectivity index (χ4n) is 2.85. The predicted molar refractivity (Wildman–Crippen MR) is 70.6 cm³/mol. The lowest BCUT2D eigenvalue weighted by atomic mass is 9.93. The van der Waals surface area contributed by atoms with Crippen molar-refractivity contribution in [2.75, 3.05) is 13.1 Å². The van der Waals surface area contributed by atoms with Crippen LogP contribution in [-0.4, -0.2) is 34.9 Å². The molecular formula is C14H18N2O3. The van der Waals surface area contributed by atoms with Crippen LogP contribution in [0.4, 0.5) is 0 Å². The second-order valence-corrected chi connectivity index (χ2v) is 5.17. The highest BCUT2D eigenvalue weighted by molar-refractivity contribution is 6.09. The van der Waals surface area contributed by atoms with Crippen LogP contribution in [0.25, 0.3) is 0 Å². The molecular weight excluding hydrogens is 244 g/mol. The largest absolute Gasteiger partial charge is 0.478 e. The van der Waals surface area contributed by atoms with Gasteiger partial charge in [-0.25, -0.2) is 4.79 Å². The molecule has 1 saturated heterocycles. The first-order chi connectivity index (χ1) is 9.25. The minimum absolute atomic E-state index is 0.255. The summed E-state index contributed by atoms with van der Waals surface area (Å²) in [5, 5.41) is 16.0. The number of rotatable bonds is 2. The maximum Gasteiger partial charge on any atom is 0.339 e. The first kappa shape index (κ1) is 12.3. The Morgan fingerprint density at radius 1 is 1.21 bits per heavy atom. The molecule has 19 heavy (non-hydrogen) atoms. The highest BCUT2D eigenvalue weighted by Crippen LogP contribution is 2.27. The summed E-state index contributed by atoms with van der Waals surface area (Å²) in [6.07, 6.45) is 7.57. The molecule has 2 heterocycles. The number of hydrazone groups is 1. The van der Waals surface area contributed by atoms with E-state index in [2.05, 4.69) is 10.1 Å². The molecule has 0 radical (unpaired) electrons. The van der Waals surface area contributed by atoms with Crippen molar-refractivity contribution in [2.24, 2.45) is 5.10 Å². The van der Waals surface area contributed by atoms with Gasteiger partial charge < -0.3 is 9.52 Å². The van der Waals surface area contributed by atoms with Crippen molar-refractivity contribution in [3.05, 3.63) is 23.2 Å². The Hall–Kier alpha value is -1.78. The number of nitrogens with zero attached hydrogens (tertiary/aromatic N) is 2. The average molecular weight is 262 g/mol. The molecule has 0 amide bonds. The molecule has 0 aromatic carbocycles. The summed E-state index contributed by atoms with van der Waals surface area (Å²) in [6, 6.07) is 0. The van der Waals surface area contributed by atoms with Crippen molar-refractivity contribution in [1.29, 1.82) is 0 Å². The maximum absolute atomic E-state index is 11.2. The monoisotopic (exact) mass is 262 g/mol. The normalized spacial score (nSPS) is 21.5. The van der Waals surface area contributed by atoms with Crippen molar-refractivity contribution >= 4 is 11.7 Å². The van der Waals surface area contributed by atoms with E-state index in [1.807, 2.05) is 0 Å². The van der Waals surface area contributed by atoms with Gasteiger partial charge in [0.25, 0.3) is 0 Å². The van der Waals surface area contributed by atoms with E-state index >= 15 is 0 Å². The SMILES string of the molecule is O=C(O)c1coc2c1C(=NN1CCCCC1)CCC2. The summed E-state index contributed by atoms with van der Waals surface area (Å²) >= 11 is 0. The van der Waals surface area contributed by atoms with Crippen molar-refractivity contribution < 1.29 is 14.3 Å². The van der Waals surface area contributed by atoms with E-state index in [0.717, 1.165) is 49.4 Å². The van der Waals surface area contributed by atoms with Gasteiger partial charge >= 0.3 is 5.97 Å². The van der Waals surface area contributed by atoms with Crippen LogP contribution in [0.5, 0.6) is 0 Å². The molecule has 1 aromatic heterocycles. The summed E-state index contributed by atoms with van der Waals surface area (Å²) in [6.45, 7) is 1.94. The van der Waals surface area contributed by atoms with Gasteiger partial charge in [0.15, 0.2) is 0 Å². The van der Waals surface area contributed by atoms with Gasteiger partial charge in [0.2, 0.25) is 0 Å². The van der Waals surface area contributed by atoms with E-state index < -0.39 is 5.97 Å². The van der Waals surface area contributed by atoms with E-state index in [-0.39, 0.29) is 5.56 Å². The number of aryl methyl sites for hydroxylation is 1. The number of piperidine rings is 1. The standard InChI is InChI=1S/C14H18N2O3/c17-14(18)10-9-19-12-6-4-5-11(13(10)12)15-16-7-2-1-3-8-16/h9H,1-8H2,(H,17,18). The first-order valence-corrected chi connectivity index (χ1v) is 6.92. The summed E-state index contributed by atoms with van der Waals surface area (Å²) in [4.78, 5) is 11.2. The molecule has 1 aliphatic heterocycles. The van der Waals surface area contributed by atoms with Gasteiger partial charge in [-0.1, -0.05) is 0 Å². The quantitative estimate of drug-likeness (QED) is 0.889. The number of carboxylic acid groups (broad SMARTS) is 1. The molecule has 0 unspecified atom stereocenters. The molecule has 1 N–H and O–H groups in total. The summed E-state index contributed by atoms with van der Waals surface area (Å²) in [7, 11) is 0. The molecule has 5 heteroatoms. The smallest absolute Gasteiger partial charge is 0.339 e. The maximum atomic E-state index is 11.2. The zero-order valence-corrected chi connectivity index (χ0v) is 10.9. The van der Waals surface area contributed by atoms with E-state index in [4.69, 9.17) is 4.42 Å². The second-order valence-electron chi connectivity index (χ2n) is 5.17. The number of aromatic carboxylic acids is 1. The number of hydrogen-bond donors (Lipinski definition) is 1. The first-order valence-electron chi connectivity index (χ1n) is 6.92. The lowest BCUT2D eigenvalue weighted by molar-refractivity contribution is 0.0696. The molecule has 3 rings (SSSR count). The van der Waals surface area contributed by atoms with Crippen molar-refractivity contribution in [2.45, 2.75) is 38.5 Å².